The van der Waals surface area contributed by atoms with Gasteiger partial charge in [-0.15, -0.1) is 0 Å². The number of carbonyl (C=O) groups is 2. The van der Waals surface area contributed by atoms with Gasteiger partial charge in [0.15, 0.2) is 5.75 Å². The normalized spacial score (nSPS) is 13.6. The number of nitro groups is 1. The fourth-order valence-corrected chi connectivity index (χ4v) is 3.63. The fourth-order valence-electron chi connectivity index (χ4n) is 3.46. The van der Waals surface area contributed by atoms with Crippen LogP contribution in [0.3, 0.4) is 0 Å². The number of benzene rings is 2. The van der Waals surface area contributed by atoms with Crippen LogP contribution in [-0.2, 0) is 19.1 Å². The number of nitro benzene ring substituents is 1. The van der Waals surface area contributed by atoms with Crippen molar-refractivity contribution in [3.63, 3.8) is 0 Å². The van der Waals surface area contributed by atoms with E-state index in [0.29, 0.717) is 5.69 Å². The molecule has 0 fully saturated rings. The highest BCUT2D eigenvalue weighted by atomic mass is 35.5. The zero-order valence-electron chi connectivity index (χ0n) is 18.1. The first-order valence-corrected chi connectivity index (χ1v) is 9.89. The molecule has 0 radical (unpaired) electrons. The lowest BCUT2D eigenvalue weighted by Crippen LogP contribution is -2.28. The van der Waals surface area contributed by atoms with E-state index < -0.39 is 40.0 Å². The Labute approximate surface area is 197 Å². The van der Waals surface area contributed by atoms with Crippen LogP contribution < -0.4 is 9.64 Å². The molecule has 2 aromatic carbocycles. The standard InChI is InChI=1S/C22H18ClFN2O8/c1-32-18-7-11(6-17(20(18)27)26(30)31)19-13(21(28)33-2)9-25(10-14(19)22(29)34-3)12-4-5-16(24)15(23)8-12/h4-10,19,27H,1-3H3. The smallest absolute Gasteiger partial charge is 0.336 e. The molecule has 1 N–H and O–H groups in total. The van der Waals surface area contributed by atoms with Gasteiger partial charge in [-0.3, -0.25) is 10.1 Å². The van der Waals surface area contributed by atoms with Gasteiger partial charge < -0.3 is 24.2 Å². The topological polar surface area (TPSA) is 128 Å². The number of rotatable bonds is 6. The summed E-state index contributed by atoms with van der Waals surface area (Å²) in [5.41, 5.74) is -0.523. The summed E-state index contributed by atoms with van der Waals surface area (Å²) in [5, 5.41) is 21.4. The molecule has 2 aromatic rings. The second-order valence-electron chi connectivity index (χ2n) is 6.94. The van der Waals surface area contributed by atoms with Crippen molar-refractivity contribution < 1.29 is 38.2 Å². The Hall–Kier alpha value is -4.12. The first kappa shape index (κ1) is 24.5. The number of carbonyl (C=O) groups excluding carboxylic acids is 2. The molecule has 0 aromatic heterocycles. The van der Waals surface area contributed by atoms with Crippen molar-refractivity contribution >= 4 is 34.9 Å². The highest BCUT2D eigenvalue weighted by Gasteiger charge is 2.37. The van der Waals surface area contributed by atoms with Gasteiger partial charge in [-0.05, 0) is 29.8 Å². The highest BCUT2D eigenvalue weighted by molar-refractivity contribution is 6.31. The maximum Gasteiger partial charge on any atom is 0.336 e. The van der Waals surface area contributed by atoms with Crippen molar-refractivity contribution in [3.05, 3.63) is 80.4 Å². The minimum absolute atomic E-state index is 0.0754. The van der Waals surface area contributed by atoms with Gasteiger partial charge in [-0.25, -0.2) is 14.0 Å². The Morgan fingerprint density at radius 2 is 1.68 bits per heavy atom. The first-order chi connectivity index (χ1) is 16.1. The zero-order valence-corrected chi connectivity index (χ0v) is 18.8. The second-order valence-corrected chi connectivity index (χ2v) is 7.35. The lowest BCUT2D eigenvalue weighted by molar-refractivity contribution is -0.386. The number of hydrogen-bond donors (Lipinski definition) is 1. The molecule has 0 bridgehead atoms. The molecule has 0 amide bonds. The molecule has 178 valence electrons. The average Bonchev–Trinajstić information content (AvgIpc) is 2.83. The number of aromatic hydroxyl groups is 1. The summed E-state index contributed by atoms with van der Waals surface area (Å²) in [4.78, 5) is 37.5. The number of anilines is 1. The molecule has 0 saturated carbocycles. The summed E-state index contributed by atoms with van der Waals surface area (Å²) in [5.74, 6) is -4.54. The van der Waals surface area contributed by atoms with E-state index in [9.17, 15) is 29.2 Å². The Balaban J connectivity index is 2.29. The Morgan fingerprint density at radius 3 is 2.15 bits per heavy atom. The number of halogens is 2. The quantitative estimate of drug-likeness (QED) is 0.363. The minimum Gasteiger partial charge on any atom is -0.500 e. The van der Waals surface area contributed by atoms with E-state index in [1.54, 1.807) is 0 Å². The number of hydrogen-bond acceptors (Lipinski definition) is 9. The summed E-state index contributed by atoms with van der Waals surface area (Å²) < 4.78 is 28.4. The summed E-state index contributed by atoms with van der Waals surface area (Å²) in [7, 11) is 3.43. The lowest BCUT2D eigenvalue weighted by Gasteiger charge is -2.30. The van der Waals surface area contributed by atoms with Crippen LogP contribution >= 0.6 is 11.6 Å². The molecule has 1 aliphatic heterocycles. The molecule has 34 heavy (non-hydrogen) atoms. The Kier molecular flexibility index (Phi) is 7.06. The predicted octanol–water partition coefficient (Wildman–Crippen LogP) is 3.82. The third-order valence-corrected chi connectivity index (χ3v) is 5.34. The molecule has 0 saturated heterocycles. The molecule has 1 heterocycles. The van der Waals surface area contributed by atoms with Gasteiger partial charge in [0.2, 0.25) is 5.75 Å². The molecule has 12 heteroatoms. The van der Waals surface area contributed by atoms with Gasteiger partial charge in [0.25, 0.3) is 0 Å². The highest BCUT2D eigenvalue weighted by Crippen LogP contribution is 2.44. The van der Waals surface area contributed by atoms with Gasteiger partial charge in [0.1, 0.15) is 5.82 Å². The SMILES string of the molecule is COC(=O)C1=CN(c2ccc(F)c(Cl)c2)C=C(C(=O)OC)C1c1cc(OC)c(O)c([N+](=O)[O-])c1. The summed E-state index contributed by atoms with van der Waals surface area (Å²) in [6.45, 7) is 0. The van der Waals surface area contributed by atoms with Crippen molar-refractivity contribution in [1.82, 2.24) is 0 Å². The van der Waals surface area contributed by atoms with E-state index >= 15 is 0 Å². The van der Waals surface area contributed by atoms with Gasteiger partial charge in [-0.2, -0.15) is 0 Å². The molecule has 0 unspecified atom stereocenters. The number of ether oxygens (including phenoxy) is 3. The first-order valence-electron chi connectivity index (χ1n) is 9.51. The van der Waals surface area contributed by atoms with E-state index in [4.69, 9.17) is 25.8 Å². The van der Waals surface area contributed by atoms with Crippen LogP contribution in [0.1, 0.15) is 11.5 Å². The van der Waals surface area contributed by atoms with Crippen molar-refractivity contribution in [2.24, 2.45) is 0 Å². The van der Waals surface area contributed by atoms with Crippen LogP contribution in [0.4, 0.5) is 15.8 Å². The van der Waals surface area contributed by atoms with Crippen LogP contribution in [0.15, 0.2) is 53.9 Å². The van der Waals surface area contributed by atoms with Gasteiger partial charge in [-0.1, -0.05) is 11.6 Å². The van der Waals surface area contributed by atoms with Crippen LogP contribution in [0.2, 0.25) is 5.02 Å². The zero-order chi connectivity index (χ0) is 25.2. The van der Waals surface area contributed by atoms with Crippen molar-refractivity contribution in [2.45, 2.75) is 5.92 Å². The third-order valence-electron chi connectivity index (χ3n) is 5.05. The molecule has 0 atom stereocenters. The van der Waals surface area contributed by atoms with Crippen LogP contribution in [-0.4, -0.2) is 43.3 Å². The van der Waals surface area contributed by atoms with E-state index in [-0.39, 0.29) is 27.5 Å². The maximum atomic E-state index is 13.7. The predicted molar refractivity (Wildman–Crippen MR) is 118 cm³/mol. The van der Waals surface area contributed by atoms with Crippen molar-refractivity contribution in [2.75, 3.05) is 26.2 Å². The third kappa shape index (κ3) is 4.50. The van der Waals surface area contributed by atoms with E-state index in [2.05, 4.69) is 0 Å². The summed E-state index contributed by atoms with van der Waals surface area (Å²) in [6.07, 6.45) is 2.63. The second kappa shape index (κ2) is 9.79. The molecule has 10 nitrogen and oxygen atoms in total. The minimum atomic E-state index is -1.19. The van der Waals surface area contributed by atoms with E-state index in [1.807, 2.05) is 0 Å². The number of methoxy groups -OCH3 is 3. The van der Waals surface area contributed by atoms with Crippen molar-refractivity contribution in [3.8, 4) is 11.5 Å². The Bertz CT molecular complexity index is 1210. The summed E-state index contributed by atoms with van der Waals surface area (Å²) in [6, 6.07) is 6.02. The number of phenolic OH excluding ortho intramolecular Hbond substituents is 1. The molecular weight excluding hydrogens is 475 g/mol. The van der Waals surface area contributed by atoms with Crippen LogP contribution in [0, 0.1) is 15.9 Å². The molecule has 3 rings (SSSR count). The van der Waals surface area contributed by atoms with E-state index in [0.717, 1.165) is 26.4 Å². The van der Waals surface area contributed by atoms with Gasteiger partial charge in [0, 0.05) is 24.2 Å². The largest absolute Gasteiger partial charge is 0.500 e. The number of esters is 2. The van der Waals surface area contributed by atoms with E-state index in [1.165, 1.54) is 42.6 Å². The summed E-state index contributed by atoms with van der Waals surface area (Å²) >= 11 is 5.88. The lowest BCUT2D eigenvalue weighted by atomic mass is 9.82. The number of nitrogens with zero attached hydrogens (tertiary/aromatic N) is 2. The molecule has 0 aliphatic carbocycles. The van der Waals surface area contributed by atoms with Gasteiger partial charge in [0.05, 0.1) is 48.3 Å². The maximum absolute atomic E-state index is 13.7. The fraction of sp³-hybridized carbons (Fsp3) is 0.182. The Morgan fingerprint density at radius 1 is 1.09 bits per heavy atom. The monoisotopic (exact) mass is 492 g/mol. The molecule has 1 aliphatic rings. The average molecular weight is 493 g/mol. The molecular formula is C22H18ClFN2O8. The number of phenols is 1. The van der Waals surface area contributed by atoms with Crippen LogP contribution in [0.5, 0.6) is 11.5 Å². The van der Waals surface area contributed by atoms with Gasteiger partial charge >= 0.3 is 17.6 Å². The molecule has 0 spiro atoms. The van der Waals surface area contributed by atoms with Crippen molar-refractivity contribution in [1.29, 1.82) is 0 Å². The van der Waals surface area contributed by atoms with Crippen LogP contribution in [0.25, 0.3) is 0 Å².